The van der Waals surface area contributed by atoms with Crippen molar-refractivity contribution in [1.29, 1.82) is 10.8 Å². The van der Waals surface area contributed by atoms with E-state index >= 15 is 0 Å². The molecule has 2 rings (SSSR count). The lowest BCUT2D eigenvalue weighted by Crippen LogP contribution is -2.06. The van der Waals surface area contributed by atoms with Crippen molar-refractivity contribution in [3.8, 4) is 0 Å². The molecule has 76 valence electrons. The van der Waals surface area contributed by atoms with Gasteiger partial charge in [-0.1, -0.05) is 12.2 Å². The van der Waals surface area contributed by atoms with Gasteiger partial charge in [-0.3, -0.25) is 15.8 Å². The number of nitrogens with two attached hydrogens (primary N) is 1. The van der Waals surface area contributed by atoms with Gasteiger partial charge in [0.2, 0.25) is 0 Å². The van der Waals surface area contributed by atoms with Crippen LogP contribution in [0.5, 0.6) is 0 Å². The molecular weight excluding hydrogens is 188 g/mol. The van der Waals surface area contributed by atoms with Gasteiger partial charge in [0.25, 0.3) is 0 Å². The van der Waals surface area contributed by atoms with Crippen LogP contribution in [0, 0.1) is 10.8 Å². The summed E-state index contributed by atoms with van der Waals surface area (Å²) < 4.78 is 0. The van der Waals surface area contributed by atoms with Crippen LogP contribution >= 0.6 is 0 Å². The molecule has 0 spiro atoms. The van der Waals surface area contributed by atoms with E-state index in [1.54, 1.807) is 48.8 Å². The van der Waals surface area contributed by atoms with Crippen LogP contribution in [0.4, 0.5) is 5.69 Å². The molecule has 1 heterocycles. The molecule has 1 aromatic heterocycles. The number of rotatable bonds is 0. The van der Waals surface area contributed by atoms with Gasteiger partial charge in [0.15, 0.2) is 0 Å². The number of nitrogens with one attached hydrogen (secondary N) is 2. The third kappa shape index (κ3) is 3.99. The second-order valence-corrected chi connectivity index (χ2v) is 2.83. The molecule has 4 heteroatoms. The van der Waals surface area contributed by atoms with Gasteiger partial charge in [0, 0.05) is 18.1 Å². The number of nitrogens with zero attached hydrogens (tertiary/aromatic N) is 1. The van der Waals surface area contributed by atoms with Gasteiger partial charge in [-0.2, -0.15) is 0 Å². The molecule has 4 nitrogen and oxygen atoms in total. The first-order valence-electron chi connectivity index (χ1n) is 4.38. The summed E-state index contributed by atoms with van der Waals surface area (Å²) in [5, 5.41) is 14.1. The minimum Gasteiger partial charge on any atom is -0.399 e. The van der Waals surface area contributed by atoms with E-state index in [2.05, 4.69) is 4.98 Å². The second-order valence-electron chi connectivity index (χ2n) is 2.83. The zero-order chi connectivity index (χ0) is 11.1. The molecule has 1 aliphatic rings. The maximum absolute atomic E-state index is 7.03. The molecule has 15 heavy (non-hydrogen) atoms. The van der Waals surface area contributed by atoms with E-state index in [4.69, 9.17) is 16.6 Å². The molecule has 0 bridgehead atoms. The Hall–Kier alpha value is -2.23. The normalized spacial score (nSPS) is 13.3. The highest BCUT2D eigenvalue weighted by molar-refractivity contribution is 6.48. The van der Waals surface area contributed by atoms with Crippen molar-refractivity contribution in [3.05, 3.63) is 48.8 Å². The predicted octanol–water partition coefficient (Wildman–Crippen LogP) is 1.82. The SMILES string of the molecule is N=C1C=CC=CC1=N.Nc1ccncc1. The van der Waals surface area contributed by atoms with E-state index in [0.717, 1.165) is 5.69 Å². The molecule has 4 N–H and O–H groups in total. The van der Waals surface area contributed by atoms with E-state index in [1.165, 1.54) is 0 Å². The molecule has 0 aromatic carbocycles. The Kier molecular flexibility index (Phi) is 3.97. The minimum atomic E-state index is 0.285. The summed E-state index contributed by atoms with van der Waals surface area (Å²) in [6.45, 7) is 0. The molecule has 0 aliphatic heterocycles. The molecule has 0 fully saturated rings. The van der Waals surface area contributed by atoms with Gasteiger partial charge in [0.1, 0.15) is 0 Å². The molecule has 0 radical (unpaired) electrons. The Labute approximate surface area is 88.2 Å². The first-order valence-corrected chi connectivity index (χ1v) is 4.38. The maximum Gasteiger partial charge on any atom is 0.0789 e. The summed E-state index contributed by atoms with van der Waals surface area (Å²) >= 11 is 0. The average Bonchev–Trinajstić information content (AvgIpc) is 2.25. The van der Waals surface area contributed by atoms with Crippen LogP contribution in [0.25, 0.3) is 0 Å². The van der Waals surface area contributed by atoms with Crippen LogP contribution in [0.3, 0.4) is 0 Å². The van der Waals surface area contributed by atoms with Crippen LogP contribution in [-0.4, -0.2) is 16.4 Å². The van der Waals surface area contributed by atoms with Crippen molar-refractivity contribution in [1.82, 2.24) is 4.98 Å². The van der Waals surface area contributed by atoms with E-state index in [1.807, 2.05) is 0 Å². The van der Waals surface area contributed by atoms with Crippen LogP contribution in [0.15, 0.2) is 48.8 Å². The number of hydrogen-bond donors (Lipinski definition) is 3. The van der Waals surface area contributed by atoms with Crippen LogP contribution in [0.1, 0.15) is 0 Å². The van der Waals surface area contributed by atoms with Gasteiger partial charge < -0.3 is 5.73 Å². The molecule has 0 saturated heterocycles. The van der Waals surface area contributed by atoms with Crippen molar-refractivity contribution < 1.29 is 0 Å². The first kappa shape index (κ1) is 10.8. The highest BCUT2D eigenvalue weighted by Crippen LogP contribution is 1.93. The highest BCUT2D eigenvalue weighted by atomic mass is 14.6. The van der Waals surface area contributed by atoms with Crippen LogP contribution < -0.4 is 5.73 Å². The quantitative estimate of drug-likeness (QED) is 0.558. The number of pyridine rings is 1. The zero-order valence-electron chi connectivity index (χ0n) is 8.14. The molecule has 0 amide bonds. The van der Waals surface area contributed by atoms with Crippen molar-refractivity contribution in [2.24, 2.45) is 0 Å². The maximum atomic E-state index is 7.03. The highest BCUT2D eigenvalue weighted by Gasteiger charge is 1.97. The Morgan fingerprint density at radius 3 is 1.67 bits per heavy atom. The number of anilines is 1. The Morgan fingerprint density at radius 1 is 0.933 bits per heavy atom. The van der Waals surface area contributed by atoms with Crippen molar-refractivity contribution in [2.45, 2.75) is 0 Å². The van der Waals surface area contributed by atoms with Gasteiger partial charge >= 0.3 is 0 Å². The summed E-state index contributed by atoms with van der Waals surface area (Å²) in [7, 11) is 0. The van der Waals surface area contributed by atoms with Gasteiger partial charge in [-0.15, -0.1) is 0 Å². The Balaban J connectivity index is 0.000000151. The standard InChI is InChI=1S/C6H6N2.C5H6N2/c7-5-3-1-2-4-6(5)8;6-5-1-3-7-4-2-5/h1-4,7-8H;1-4H,(H2,6,7). The third-order valence-corrected chi connectivity index (χ3v) is 1.63. The lowest BCUT2D eigenvalue weighted by atomic mass is 10.1. The monoisotopic (exact) mass is 200 g/mol. The molecular formula is C11H12N4. The van der Waals surface area contributed by atoms with Gasteiger partial charge in [-0.05, 0) is 24.3 Å². The van der Waals surface area contributed by atoms with Crippen molar-refractivity contribution in [3.63, 3.8) is 0 Å². The smallest absolute Gasteiger partial charge is 0.0789 e. The Morgan fingerprint density at radius 2 is 1.40 bits per heavy atom. The predicted molar refractivity (Wildman–Crippen MR) is 62.4 cm³/mol. The number of nitrogen functional groups attached to an aromatic ring is 1. The zero-order valence-corrected chi connectivity index (χ0v) is 8.14. The average molecular weight is 200 g/mol. The fraction of sp³-hybridized carbons (Fsp3) is 0. The van der Waals surface area contributed by atoms with Crippen LogP contribution in [-0.2, 0) is 0 Å². The lowest BCUT2D eigenvalue weighted by molar-refractivity contribution is 1.33. The molecule has 0 saturated carbocycles. The molecule has 0 unspecified atom stereocenters. The van der Waals surface area contributed by atoms with Gasteiger partial charge in [-0.25, -0.2) is 0 Å². The van der Waals surface area contributed by atoms with E-state index in [-0.39, 0.29) is 11.4 Å². The summed E-state index contributed by atoms with van der Waals surface area (Å²) in [5.74, 6) is 0. The third-order valence-electron chi connectivity index (χ3n) is 1.63. The van der Waals surface area contributed by atoms with E-state index in [9.17, 15) is 0 Å². The minimum absolute atomic E-state index is 0.285. The van der Waals surface area contributed by atoms with E-state index in [0.29, 0.717) is 0 Å². The lowest BCUT2D eigenvalue weighted by Gasteiger charge is -1.96. The largest absolute Gasteiger partial charge is 0.399 e. The summed E-state index contributed by atoms with van der Waals surface area (Å²) in [6.07, 6.45) is 10.0. The van der Waals surface area contributed by atoms with Crippen LogP contribution in [0.2, 0.25) is 0 Å². The fourth-order valence-corrected chi connectivity index (χ4v) is 0.847. The molecule has 1 aliphatic carbocycles. The summed E-state index contributed by atoms with van der Waals surface area (Å²) in [6, 6.07) is 3.50. The first-order chi connectivity index (χ1) is 7.20. The van der Waals surface area contributed by atoms with Crippen molar-refractivity contribution >= 4 is 17.1 Å². The molecule has 1 aromatic rings. The number of hydrogen-bond acceptors (Lipinski definition) is 4. The molecule has 0 atom stereocenters. The Bertz CT molecular complexity index is 382. The fourth-order valence-electron chi connectivity index (χ4n) is 0.847. The topological polar surface area (TPSA) is 86.6 Å². The summed E-state index contributed by atoms with van der Waals surface area (Å²) in [4.78, 5) is 3.77. The van der Waals surface area contributed by atoms with Crippen molar-refractivity contribution in [2.75, 3.05) is 5.73 Å². The summed E-state index contributed by atoms with van der Waals surface area (Å²) in [5.41, 5.74) is 6.65. The number of allylic oxidation sites excluding steroid dienone is 4. The number of aromatic nitrogens is 1. The van der Waals surface area contributed by atoms with Gasteiger partial charge in [0.05, 0.1) is 11.4 Å². The van der Waals surface area contributed by atoms with E-state index < -0.39 is 0 Å². The second kappa shape index (κ2) is 5.49.